The van der Waals surface area contributed by atoms with Gasteiger partial charge in [-0.2, -0.15) is 0 Å². The first-order chi connectivity index (χ1) is 9.24. The number of nitrogens with two attached hydrogens (primary N) is 1. The number of hydrogen-bond acceptors (Lipinski definition) is 3. The second-order valence-electron chi connectivity index (χ2n) is 5.49. The number of H-pyrrole nitrogens is 1. The molecule has 4 rings (SSSR count). The highest BCUT2D eigenvalue weighted by Gasteiger charge is 2.26. The van der Waals surface area contributed by atoms with Crippen LogP contribution in [0.1, 0.15) is 31.1 Å². The lowest BCUT2D eigenvalue weighted by Crippen LogP contribution is -2.16. The average molecular weight is 255 g/mol. The maximum Gasteiger partial charge on any atom is 0.139 e. The van der Waals surface area contributed by atoms with Gasteiger partial charge >= 0.3 is 0 Å². The van der Waals surface area contributed by atoms with Gasteiger partial charge in [0, 0.05) is 23.7 Å². The second-order valence-corrected chi connectivity index (χ2v) is 5.49. The van der Waals surface area contributed by atoms with Gasteiger partial charge in [-0.15, -0.1) is 0 Å². The van der Waals surface area contributed by atoms with Gasteiger partial charge in [0.1, 0.15) is 17.0 Å². The van der Waals surface area contributed by atoms with Crippen LogP contribution >= 0.6 is 0 Å². The number of nitrogens with zero attached hydrogens (tertiary/aromatic N) is 3. The number of fused-ring (bicyclic) bond motifs is 3. The van der Waals surface area contributed by atoms with Crippen LogP contribution in [0, 0.1) is 6.92 Å². The van der Waals surface area contributed by atoms with Gasteiger partial charge in [0.15, 0.2) is 0 Å². The zero-order chi connectivity index (χ0) is 13.0. The number of hydrogen-bond donors (Lipinski definition) is 2. The van der Waals surface area contributed by atoms with Crippen LogP contribution in [0.3, 0.4) is 0 Å². The summed E-state index contributed by atoms with van der Waals surface area (Å²) < 4.78 is 2.36. The van der Waals surface area contributed by atoms with Crippen LogP contribution in [0.25, 0.3) is 22.1 Å². The van der Waals surface area contributed by atoms with Crippen molar-refractivity contribution in [3.8, 4) is 0 Å². The summed E-state index contributed by atoms with van der Waals surface area (Å²) in [6, 6.07) is 2.88. The minimum absolute atomic E-state index is 0.324. The Balaban J connectivity index is 2.02. The lowest BCUT2D eigenvalue weighted by Gasteiger charge is -2.15. The van der Waals surface area contributed by atoms with Crippen LogP contribution in [0.5, 0.6) is 0 Å². The van der Waals surface area contributed by atoms with Gasteiger partial charge in [-0.05, 0) is 32.3 Å². The molecule has 5 nitrogen and oxygen atoms in total. The number of rotatable bonds is 1. The van der Waals surface area contributed by atoms with Gasteiger partial charge in [-0.25, -0.2) is 9.97 Å². The van der Waals surface area contributed by atoms with Gasteiger partial charge in [0.05, 0.1) is 11.7 Å². The van der Waals surface area contributed by atoms with E-state index in [1.807, 2.05) is 12.4 Å². The molecule has 0 spiro atoms. The summed E-state index contributed by atoms with van der Waals surface area (Å²) in [7, 11) is 0. The third-order valence-corrected chi connectivity index (χ3v) is 4.22. The van der Waals surface area contributed by atoms with Crippen molar-refractivity contribution in [2.24, 2.45) is 5.73 Å². The molecule has 1 aliphatic carbocycles. The predicted octanol–water partition coefficient (Wildman–Crippen LogP) is 2.27. The molecule has 0 unspecified atom stereocenters. The minimum atomic E-state index is 0.324. The van der Waals surface area contributed by atoms with Crippen molar-refractivity contribution < 1.29 is 0 Å². The van der Waals surface area contributed by atoms with E-state index in [1.54, 1.807) is 0 Å². The van der Waals surface area contributed by atoms with Crippen LogP contribution < -0.4 is 5.73 Å². The molecule has 98 valence electrons. The molecule has 0 aliphatic heterocycles. The Morgan fingerprint density at radius 2 is 2.32 bits per heavy atom. The molecule has 19 heavy (non-hydrogen) atoms. The third-order valence-electron chi connectivity index (χ3n) is 4.22. The number of nitrogens with one attached hydrogen (secondary N) is 1. The van der Waals surface area contributed by atoms with E-state index < -0.39 is 0 Å². The van der Waals surface area contributed by atoms with E-state index in [-0.39, 0.29) is 0 Å². The van der Waals surface area contributed by atoms with Crippen LogP contribution in [-0.4, -0.2) is 25.6 Å². The monoisotopic (exact) mass is 255 g/mol. The van der Waals surface area contributed by atoms with Gasteiger partial charge < -0.3 is 15.3 Å². The summed E-state index contributed by atoms with van der Waals surface area (Å²) in [5.74, 6) is 1.06. The molecule has 0 bridgehead atoms. The van der Waals surface area contributed by atoms with Crippen LogP contribution in [0.2, 0.25) is 0 Å². The lowest BCUT2D eigenvalue weighted by atomic mass is 10.2. The maximum atomic E-state index is 6.07. The summed E-state index contributed by atoms with van der Waals surface area (Å²) in [5, 5.41) is 1.15. The smallest absolute Gasteiger partial charge is 0.139 e. The number of pyridine rings is 1. The molecule has 1 aliphatic rings. The zero-order valence-corrected chi connectivity index (χ0v) is 10.9. The van der Waals surface area contributed by atoms with E-state index in [9.17, 15) is 0 Å². The highest BCUT2D eigenvalue weighted by atomic mass is 15.1. The molecular formula is C14H17N5. The normalized spacial score (nSPS) is 23.7. The predicted molar refractivity (Wildman–Crippen MR) is 75.0 cm³/mol. The Bertz CT molecular complexity index is 754. The fourth-order valence-corrected chi connectivity index (χ4v) is 3.38. The first-order valence-corrected chi connectivity index (χ1v) is 6.80. The molecule has 3 aromatic rings. The third kappa shape index (κ3) is 1.51. The van der Waals surface area contributed by atoms with Gasteiger partial charge in [0.2, 0.25) is 0 Å². The first-order valence-electron chi connectivity index (χ1n) is 6.80. The fourth-order valence-electron chi connectivity index (χ4n) is 3.38. The van der Waals surface area contributed by atoms with Crippen molar-refractivity contribution in [1.29, 1.82) is 0 Å². The van der Waals surface area contributed by atoms with Crippen molar-refractivity contribution in [1.82, 2.24) is 19.5 Å². The highest BCUT2D eigenvalue weighted by Crippen LogP contribution is 2.35. The molecule has 0 aromatic carbocycles. The van der Waals surface area contributed by atoms with Crippen LogP contribution in [0.15, 0.2) is 18.5 Å². The van der Waals surface area contributed by atoms with Crippen molar-refractivity contribution >= 4 is 22.1 Å². The SMILES string of the molecule is Cc1nc2cnc3[nH]ccc3c2n1[C@@H]1CC[C@@H](N)C1. The topological polar surface area (TPSA) is 72.5 Å². The molecule has 2 atom stereocenters. The number of aromatic amines is 1. The maximum absolute atomic E-state index is 6.07. The molecular weight excluding hydrogens is 238 g/mol. The Morgan fingerprint density at radius 1 is 1.42 bits per heavy atom. The Hall–Kier alpha value is -1.88. The van der Waals surface area contributed by atoms with Gasteiger partial charge in [-0.1, -0.05) is 0 Å². The van der Waals surface area contributed by atoms with Gasteiger partial charge in [-0.3, -0.25) is 0 Å². The van der Waals surface area contributed by atoms with Crippen molar-refractivity contribution in [2.75, 3.05) is 0 Å². The number of aromatic nitrogens is 4. The molecule has 3 aromatic heterocycles. The standard InChI is InChI=1S/C14H17N5/c1-8-18-12-7-17-14-11(4-5-16-14)13(12)19(8)10-3-2-9(15)6-10/h4-5,7,9-10H,2-3,6,15H2,1H3,(H,16,17)/t9-,10-/m1/s1. The van der Waals surface area contributed by atoms with E-state index in [0.29, 0.717) is 12.1 Å². The number of aryl methyl sites for hydroxylation is 1. The van der Waals surface area contributed by atoms with Gasteiger partial charge in [0.25, 0.3) is 0 Å². The van der Waals surface area contributed by atoms with E-state index in [4.69, 9.17) is 5.73 Å². The highest BCUT2D eigenvalue weighted by molar-refractivity contribution is 6.01. The van der Waals surface area contributed by atoms with E-state index in [1.165, 1.54) is 5.52 Å². The van der Waals surface area contributed by atoms with Crippen molar-refractivity contribution in [3.05, 3.63) is 24.3 Å². The molecule has 0 amide bonds. The van der Waals surface area contributed by atoms with E-state index >= 15 is 0 Å². The minimum Gasteiger partial charge on any atom is -0.346 e. The van der Waals surface area contributed by atoms with Crippen LogP contribution in [-0.2, 0) is 0 Å². The van der Waals surface area contributed by atoms with E-state index in [0.717, 1.165) is 41.6 Å². The molecule has 3 heterocycles. The zero-order valence-electron chi connectivity index (χ0n) is 10.9. The fraction of sp³-hybridized carbons (Fsp3) is 0.429. The quantitative estimate of drug-likeness (QED) is 0.700. The largest absolute Gasteiger partial charge is 0.346 e. The lowest BCUT2D eigenvalue weighted by molar-refractivity contribution is 0.512. The summed E-state index contributed by atoms with van der Waals surface area (Å²) in [6.45, 7) is 2.07. The molecule has 3 N–H and O–H groups in total. The Morgan fingerprint density at radius 3 is 3.11 bits per heavy atom. The summed E-state index contributed by atoms with van der Waals surface area (Å²) in [4.78, 5) is 12.2. The molecule has 1 fully saturated rings. The number of imidazole rings is 1. The molecule has 0 radical (unpaired) electrons. The van der Waals surface area contributed by atoms with Crippen molar-refractivity contribution in [3.63, 3.8) is 0 Å². The first kappa shape index (κ1) is 11.0. The molecule has 0 saturated heterocycles. The van der Waals surface area contributed by atoms with Crippen LogP contribution in [0.4, 0.5) is 0 Å². The van der Waals surface area contributed by atoms with Crippen molar-refractivity contribution in [2.45, 2.75) is 38.3 Å². The average Bonchev–Trinajstić information content (AvgIpc) is 3.05. The summed E-state index contributed by atoms with van der Waals surface area (Å²) in [5.41, 5.74) is 9.17. The molecule has 1 saturated carbocycles. The summed E-state index contributed by atoms with van der Waals surface area (Å²) >= 11 is 0. The Kier molecular flexibility index (Phi) is 2.20. The second kappa shape index (κ2) is 3.81. The van der Waals surface area contributed by atoms with E-state index in [2.05, 4.69) is 32.5 Å². The molecule has 5 heteroatoms. The Labute approximate surface area is 110 Å². The summed E-state index contributed by atoms with van der Waals surface area (Å²) in [6.07, 6.45) is 7.07.